The molecular weight excluding hydrogens is 436 g/mol. The molecule has 1 fully saturated rings. The Morgan fingerprint density at radius 3 is 2.21 bits per heavy atom. The lowest BCUT2D eigenvalue weighted by Crippen LogP contribution is -2.47. The van der Waals surface area contributed by atoms with Gasteiger partial charge in [0, 0.05) is 18.4 Å². The molecule has 1 saturated carbocycles. The summed E-state index contributed by atoms with van der Waals surface area (Å²) >= 11 is 0. The van der Waals surface area contributed by atoms with E-state index >= 15 is 0 Å². The number of rotatable bonds is 8. The van der Waals surface area contributed by atoms with Crippen molar-refractivity contribution in [3.05, 3.63) is 59.7 Å². The Morgan fingerprint density at radius 1 is 0.971 bits per heavy atom. The van der Waals surface area contributed by atoms with Gasteiger partial charge in [-0.05, 0) is 41.0 Å². The predicted molar refractivity (Wildman–Crippen MR) is 125 cm³/mol. The van der Waals surface area contributed by atoms with Crippen LogP contribution in [0.2, 0.25) is 0 Å². The average molecular weight is 467 g/mol. The number of hydrogen-bond acceptors (Lipinski definition) is 5. The number of carboxylic acids is 1. The highest BCUT2D eigenvalue weighted by Crippen LogP contribution is 2.44. The van der Waals surface area contributed by atoms with Crippen LogP contribution in [0.5, 0.6) is 0 Å². The van der Waals surface area contributed by atoms with Crippen molar-refractivity contribution >= 4 is 18.0 Å². The topological polar surface area (TPSA) is 125 Å². The van der Waals surface area contributed by atoms with Crippen LogP contribution < -0.4 is 10.6 Å². The molecule has 2 amide bonds. The first-order valence-corrected chi connectivity index (χ1v) is 11.7. The second-order valence-electron chi connectivity index (χ2n) is 8.97. The highest BCUT2D eigenvalue weighted by atomic mass is 16.5. The number of carbonyl (C=O) groups excluding carboxylic acids is 2. The van der Waals surface area contributed by atoms with Crippen molar-refractivity contribution in [1.82, 2.24) is 10.6 Å². The van der Waals surface area contributed by atoms with E-state index < -0.39 is 30.6 Å². The quantitative estimate of drug-likeness (QED) is 0.474. The zero-order valence-electron chi connectivity index (χ0n) is 18.9. The number of nitrogens with one attached hydrogen (secondary N) is 2. The monoisotopic (exact) mass is 466 g/mol. The van der Waals surface area contributed by atoms with Gasteiger partial charge in [-0.15, -0.1) is 0 Å². The Balaban J connectivity index is 1.35. The summed E-state index contributed by atoms with van der Waals surface area (Å²) in [5.41, 5.74) is 4.60. The van der Waals surface area contributed by atoms with E-state index in [1.165, 1.54) is 0 Å². The molecule has 0 aliphatic heterocycles. The molecule has 4 N–H and O–H groups in total. The number of hydrogen-bond donors (Lipinski definition) is 4. The fraction of sp³-hybridized carbons (Fsp3) is 0.423. The fourth-order valence-electron chi connectivity index (χ4n) is 5.11. The van der Waals surface area contributed by atoms with Crippen LogP contribution in [0, 0.1) is 5.92 Å². The van der Waals surface area contributed by atoms with Crippen molar-refractivity contribution in [2.45, 2.75) is 50.1 Å². The number of aliphatic hydroxyl groups excluding tert-OH is 1. The molecule has 2 aliphatic rings. The van der Waals surface area contributed by atoms with Crippen molar-refractivity contribution in [2.24, 2.45) is 5.92 Å². The molecule has 34 heavy (non-hydrogen) atoms. The third-order valence-corrected chi connectivity index (χ3v) is 6.82. The summed E-state index contributed by atoms with van der Waals surface area (Å²) in [7, 11) is 0. The van der Waals surface area contributed by atoms with E-state index in [0.29, 0.717) is 0 Å². The molecule has 0 aromatic heterocycles. The Bertz CT molecular complexity index is 1010. The maximum Gasteiger partial charge on any atom is 0.407 e. The fourth-order valence-corrected chi connectivity index (χ4v) is 5.11. The number of alkyl carbamates (subject to hydrolysis) is 1. The number of aliphatic carboxylic acids is 1. The second-order valence-corrected chi connectivity index (χ2v) is 8.97. The standard InChI is InChI=1S/C26H30N2O6/c29-14-23(25(31)32)27-24(30)13-16-7-1-6-12-22(16)28-26(33)34-15-21-19-10-4-2-8-17(19)18-9-3-5-11-20(18)21/h2-5,8-11,16,21-23,29H,1,6-7,12-15H2,(H,27,30)(H,28,33)(H,31,32)/t16-,22-,23+/m0/s1. The highest BCUT2D eigenvalue weighted by Gasteiger charge is 2.32. The second kappa shape index (κ2) is 10.7. The number of fused-ring (bicyclic) bond motifs is 3. The SMILES string of the molecule is O=C(C[C@@H]1CCCC[C@@H]1NC(=O)OCC1c2ccccc2-c2ccccc21)N[C@H](CO)C(=O)O. The summed E-state index contributed by atoms with van der Waals surface area (Å²) in [5, 5.41) is 23.4. The van der Waals surface area contributed by atoms with Crippen LogP contribution in [0.15, 0.2) is 48.5 Å². The smallest absolute Gasteiger partial charge is 0.407 e. The van der Waals surface area contributed by atoms with Gasteiger partial charge in [-0.2, -0.15) is 0 Å². The first-order valence-electron chi connectivity index (χ1n) is 11.7. The van der Waals surface area contributed by atoms with E-state index in [4.69, 9.17) is 14.9 Å². The van der Waals surface area contributed by atoms with Gasteiger partial charge >= 0.3 is 12.1 Å². The molecule has 3 atom stereocenters. The van der Waals surface area contributed by atoms with Crippen LogP contribution in [0.3, 0.4) is 0 Å². The van der Waals surface area contributed by atoms with Crippen molar-refractivity contribution in [3.8, 4) is 11.1 Å². The van der Waals surface area contributed by atoms with Crippen molar-refractivity contribution in [2.75, 3.05) is 13.2 Å². The predicted octanol–water partition coefficient (Wildman–Crippen LogP) is 3.04. The molecule has 2 aromatic carbocycles. The molecule has 4 rings (SSSR count). The molecule has 2 aliphatic carbocycles. The summed E-state index contributed by atoms with van der Waals surface area (Å²) < 4.78 is 5.65. The van der Waals surface area contributed by atoms with E-state index in [2.05, 4.69) is 34.9 Å². The van der Waals surface area contributed by atoms with Gasteiger partial charge in [0.15, 0.2) is 0 Å². The Hall–Kier alpha value is -3.39. The lowest BCUT2D eigenvalue weighted by molar-refractivity contribution is -0.143. The summed E-state index contributed by atoms with van der Waals surface area (Å²) in [4.78, 5) is 36.1. The van der Waals surface area contributed by atoms with Gasteiger partial charge in [0.1, 0.15) is 12.6 Å². The molecule has 0 bridgehead atoms. The first-order chi connectivity index (χ1) is 16.5. The van der Waals surface area contributed by atoms with Crippen LogP contribution in [0.25, 0.3) is 11.1 Å². The van der Waals surface area contributed by atoms with Crippen LogP contribution in [0.4, 0.5) is 4.79 Å². The largest absolute Gasteiger partial charge is 0.480 e. The average Bonchev–Trinajstić information content (AvgIpc) is 3.16. The third-order valence-electron chi connectivity index (χ3n) is 6.82. The summed E-state index contributed by atoms with van der Waals surface area (Å²) in [6.07, 6.45) is 2.91. The van der Waals surface area contributed by atoms with Gasteiger partial charge in [0.2, 0.25) is 5.91 Å². The van der Waals surface area contributed by atoms with Crippen molar-refractivity contribution in [1.29, 1.82) is 0 Å². The van der Waals surface area contributed by atoms with Crippen LogP contribution >= 0.6 is 0 Å². The summed E-state index contributed by atoms with van der Waals surface area (Å²) in [5.74, 6) is -1.89. The number of ether oxygens (including phenoxy) is 1. The molecule has 0 saturated heterocycles. The lowest BCUT2D eigenvalue weighted by Gasteiger charge is -2.32. The summed E-state index contributed by atoms with van der Waals surface area (Å²) in [6.45, 7) is -0.457. The Kier molecular flexibility index (Phi) is 7.47. The summed E-state index contributed by atoms with van der Waals surface area (Å²) in [6, 6.07) is 14.7. The van der Waals surface area contributed by atoms with Crippen LogP contribution in [-0.4, -0.2) is 53.5 Å². The van der Waals surface area contributed by atoms with Crippen LogP contribution in [0.1, 0.15) is 49.1 Å². The Morgan fingerprint density at radius 2 is 1.59 bits per heavy atom. The maximum absolute atomic E-state index is 12.7. The molecule has 8 heteroatoms. The van der Waals surface area contributed by atoms with E-state index in [1.54, 1.807) is 0 Å². The number of carbonyl (C=O) groups is 3. The minimum absolute atomic E-state index is 0.0301. The van der Waals surface area contributed by atoms with Gasteiger partial charge in [-0.25, -0.2) is 9.59 Å². The molecule has 180 valence electrons. The molecule has 8 nitrogen and oxygen atoms in total. The third kappa shape index (κ3) is 5.22. The zero-order valence-corrected chi connectivity index (χ0v) is 18.9. The van der Waals surface area contributed by atoms with Gasteiger partial charge in [-0.1, -0.05) is 61.4 Å². The van der Waals surface area contributed by atoms with E-state index in [0.717, 1.165) is 47.9 Å². The minimum atomic E-state index is -1.33. The van der Waals surface area contributed by atoms with E-state index in [9.17, 15) is 14.4 Å². The molecule has 0 spiro atoms. The molecule has 0 heterocycles. The molecule has 0 unspecified atom stereocenters. The molecular formula is C26H30N2O6. The van der Waals surface area contributed by atoms with Crippen molar-refractivity contribution in [3.63, 3.8) is 0 Å². The van der Waals surface area contributed by atoms with E-state index in [1.807, 2.05) is 24.3 Å². The normalized spacial score (nSPS) is 20.0. The van der Waals surface area contributed by atoms with Gasteiger partial charge in [0.05, 0.1) is 6.61 Å². The minimum Gasteiger partial charge on any atom is -0.480 e. The van der Waals surface area contributed by atoms with Gasteiger partial charge in [-0.3, -0.25) is 4.79 Å². The van der Waals surface area contributed by atoms with Crippen molar-refractivity contribution < 1.29 is 29.3 Å². The number of aliphatic hydroxyl groups is 1. The Labute approximate surface area is 198 Å². The zero-order chi connectivity index (χ0) is 24.1. The van der Waals surface area contributed by atoms with Gasteiger partial charge in [0.25, 0.3) is 0 Å². The van der Waals surface area contributed by atoms with E-state index in [-0.39, 0.29) is 30.9 Å². The first kappa shape index (κ1) is 23.8. The lowest BCUT2D eigenvalue weighted by atomic mass is 9.82. The number of benzene rings is 2. The molecule has 0 radical (unpaired) electrons. The highest BCUT2D eigenvalue weighted by molar-refractivity contribution is 5.84. The maximum atomic E-state index is 12.7. The number of amides is 2. The molecule has 2 aromatic rings. The number of carboxylic acid groups (broad SMARTS) is 1. The van der Waals surface area contributed by atoms with Crippen LogP contribution in [-0.2, 0) is 14.3 Å². The van der Waals surface area contributed by atoms with Gasteiger partial charge < -0.3 is 25.6 Å².